The molecular weight excluding hydrogens is 336 g/mol. The summed E-state index contributed by atoms with van der Waals surface area (Å²) in [5, 5.41) is 2.94. The van der Waals surface area contributed by atoms with Gasteiger partial charge in [0.1, 0.15) is 17.8 Å². The largest absolute Gasteiger partial charge is 0.355 e. The minimum absolute atomic E-state index is 0.167. The van der Waals surface area contributed by atoms with Crippen molar-refractivity contribution in [1.82, 2.24) is 15.3 Å². The highest BCUT2D eigenvalue weighted by Gasteiger charge is 2.11. The molecule has 0 saturated heterocycles. The Hall–Kier alpha value is -3.21. The highest BCUT2D eigenvalue weighted by Crippen LogP contribution is 2.13. The molecule has 0 aliphatic heterocycles. The highest BCUT2D eigenvalue weighted by atomic mass is 16.1. The summed E-state index contributed by atoms with van der Waals surface area (Å²) in [4.78, 5) is 22.8. The fourth-order valence-electron chi connectivity index (χ4n) is 2.85. The molecule has 1 aromatic heterocycles. The third-order valence-electron chi connectivity index (χ3n) is 4.31. The van der Waals surface area contributed by atoms with E-state index in [2.05, 4.69) is 39.6 Å². The van der Waals surface area contributed by atoms with Crippen molar-refractivity contribution in [1.29, 1.82) is 0 Å². The van der Waals surface area contributed by atoms with Crippen LogP contribution in [0.5, 0.6) is 0 Å². The van der Waals surface area contributed by atoms with Gasteiger partial charge in [-0.3, -0.25) is 4.79 Å². The fourth-order valence-corrected chi connectivity index (χ4v) is 2.85. The van der Waals surface area contributed by atoms with E-state index in [1.54, 1.807) is 6.07 Å². The number of benzene rings is 2. The molecule has 1 heterocycles. The van der Waals surface area contributed by atoms with E-state index in [-0.39, 0.29) is 5.91 Å². The third kappa shape index (κ3) is 5.64. The molecule has 1 amide bonds. The normalized spacial score (nSPS) is 10.4. The zero-order chi connectivity index (χ0) is 18.9. The van der Waals surface area contributed by atoms with Crippen LogP contribution < -0.4 is 10.2 Å². The first kappa shape index (κ1) is 18.6. The molecule has 5 nitrogen and oxygen atoms in total. The fraction of sp³-hybridized carbons (Fsp3) is 0.227. The van der Waals surface area contributed by atoms with E-state index < -0.39 is 0 Å². The Morgan fingerprint density at radius 1 is 0.963 bits per heavy atom. The monoisotopic (exact) mass is 360 g/mol. The SMILES string of the molecule is CN(Cc1ccccc1)c1cc(C(=O)NCCCc2ccccc2)ncn1. The molecule has 2 aromatic carbocycles. The summed E-state index contributed by atoms with van der Waals surface area (Å²) in [7, 11) is 1.96. The van der Waals surface area contributed by atoms with Crippen LogP contribution in [0.2, 0.25) is 0 Å². The minimum atomic E-state index is -0.167. The second kappa shape index (κ2) is 9.48. The molecule has 0 aliphatic carbocycles. The van der Waals surface area contributed by atoms with Crippen molar-refractivity contribution in [2.75, 3.05) is 18.5 Å². The third-order valence-corrected chi connectivity index (χ3v) is 4.31. The first-order chi connectivity index (χ1) is 13.2. The maximum absolute atomic E-state index is 12.4. The first-order valence-corrected chi connectivity index (χ1v) is 9.11. The van der Waals surface area contributed by atoms with E-state index in [9.17, 15) is 4.79 Å². The van der Waals surface area contributed by atoms with Gasteiger partial charge >= 0.3 is 0 Å². The topological polar surface area (TPSA) is 58.1 Å². The minimum Gasteiger partial charge on any atom is -0.355 e. The summed E-state index contributed by atoms with van der Waals surface area (Å²) in [5.41, 5.74) is 2.85. The van der Waals surface area contributed by atoms with Crippen molar-refractivity contribution in [3.05, 3.63) is 89.9 Å². The van der Waals surface area contributed by atoms with E-state index in [4.69, 9.17) is 0 Å². The molecule has 0 spiro atoms. The van der Waals surface area contributed by atoms with Crippen LogP contribution in [-0.4, -0.2) is 29.5 Å². The van der Waals surface area contributed by atoms with Crippen LogP contribution in [-0.2, 0) is 13.0 Å². The van der Waals surface area contributed by atoms with Crippen LogP contribution in [0.1, 0.15) is 28.0 Å². The average Bonchev–Trinajstić information content (AvgIpc) is 2.72. The van der Waals surface area contributed by atoms with Gasteiger partial charge in [-0.25, -0.2) is 9.97 Å². The Kier molecular flexibility index (Phi) is 6.52. The molecule has 5 heteroatoms. The molecule has 3 aromatic rings. The lowest BCUT2D eigenvalue weighted by Crippen LogP contribution is -2.26. The maximum atomic E-state index is 12.4. The van der Waals surface area contributed by atoms with Crippen LogP contribution in [0.15, 0.2) is 73.1 Å². The lowest BCUT2D eigenvalue weighted by molar-refractivity contribution is 0.0948. The Bertz CT molecular complexity index is 852. The molecule has 3 rings (SSSR count). The standard InChI is InChI=1S/C22H24N4O/c1-26(16-19-11-6-3-7-12-19)21-15-20(24-17-25-21)22(27)23-14-8-13-18-9-4-2-5-10-18/h2-7,9-12,15,17H,8,13-14,16H2,1H3,(H,23,27). The van der Waals surface area contributed by atoms with E-state index in [0.717, 1.165) is 25.2 Å². The highest BCUT2D eigenvalue weighted by molar-refractivity contribution is 5.92. The molecule has 0 fully saturated rings. The van der Waals surface area contributed by atoms with Crippen molar-refractivity contribution in [2.24, 2.45) is 0 Å². The Morgan fingerprint density at radius 2 is 1.63 bits per heavy atom. The van der Waals surface area contributed by atoms with E-state index in [1.807, 2.05) is 48.3 Å². The number of amides is 1. The number of hydrogen-bond donors (Lipinski definition) is 1. The van der Waals surface area contributed by atoms with Crippen molar-refractivity contribution < 1.29 is 4.79 Å². The van der Waals surface area contributed by atoms with Gasteiger partial charge in [-0.1, -0.05) is 60.7 Å². The summed E-state index contributed by atoms with van der Waals surface area (Å²) in [6.45, 7) is 1.34. The number of carbonyl (C=O) groups excluding carboxylic acids is 1. The van der Waals surface area contributed by atoms with E-state index in [0.29, 0.717) is 12.2 Å². The van der Waals surface area contributed by atoms with Gasteiger partial charge in [0.2, 0.25) is 0 Å². The quantitative estimate of drug-likeness (QED) is 0.625. The second-order valence-corrected chi connectivity index (χ2v) is 6.45. The van der Waals surface area contributed by atoms with Crippen LogP contribution in [0.3, 0.4) is 0 Å². The molecule has 0 saturated carbocycles. The second-order valence-electron chi connectivity index (χ2n) is 6.45. The van der Waals surface area contributed by atoms with E-state index >= 15 is 0 Å². The van der Waals surface area contributed by atoms with Crippen LogP contribution >= 0.6 is 0 Å². The van der Waals surface area contributed by atoms with Crippen molar-refractivity contribution >= 4 is 11.7 Å². The van der Waals surface area contributed by atoms with Crippen molar-refractivity contribution in [2.45, 2.75) is 19.4 Å². The summed E-state index contributed by atoms with van der Waals surface area (Å²) in [5.74, 6) is 0.558. The molecule has 0 radical (unpaired) electrons. The number of aryl methyl sites for hydroxylation is 1. The average molecular weight is 360 g/mol. The number of nitrogens with zero attached hydrogens (tertiary/aromatic N) is 3. The summed E-state index contributed by atoms with van der Waals surface area (Å²) in [6.07, 6.45) is 3.27. The number of carbonyl (C=O) groups is 1. The van der Waals surface area contributed by atoms with Crippen LogP contribution in [0.4, 0.5) is 5.82 Å². The van der Waals surface area contributed by atoms with Gasteiger partial charge in [0, 0.05) is 26.2 Å². The molecule has 0 unspecified atom stereocenters. The smallest absolute Gasteiger partial charge is 0.270 e. The first-order valence-electron chi connectivity index (χ1n) is 9.11. The van der Waals surface area contributed by atoms with Gasteiger partial charge in [0.15, 0.2) is 0 Å². The molecule has 138 valence electrons. The Labute approximate surface area is 160 Å². The van der Waals surface area contributed by atoms with Crippen molar-refractivity contribution in [3.8, 4) is 0 Å². The Balaban J connectivity index is 1.52. The zero-order valence-electron chi connectivity index (χ0n) is 15.5. The van der Waals surface area contributed by atoms with Gasteiger partial charge in [-0.15, -0.1) is 0 Å². The number of aromatic nitrogens is 2. The summed E-state index contributed by atoms with van der Waals surface area (Å²) < 4.78 is 0. The number of nitrogens with one attached hydrogen (secondary N) is 1. The molecule has 0 bridgehead atoms. The van der Waals surface area contributed by atoms with Crippen LogP contribution in [0.25, 0.3) is 0 Å². The molecule has 1 N–H and O–H groups in total. The molecular formula is C22H24N4O. The van der Waals surface area contributed by atoms with Gasteiger partial charge in [-0.05, 0) is 24.0 Å². The predicted molar refractivity (Wildman–Crippen MR) is 108 cm³/mol. The summed E-state index contributed by atoms with van der Waals surface area (Å²) in [6, 6.07) is 22.1. The zero-order valence-corrected chi connectivity index (χ0v) is 15.5. The van der Waals surface area contributed by atoms with E-state index in [1.165, 1.54) is 17.5 Å². The Morgan fingerprint density at radius 3 is 2.33 bits per heavy atom. The predicted octanol–water partition coefficient (Wildman–Crippen LogP) is 3.48. The van der Waals surface area contributed by atoms with Crippen LogP contribution in [0, 0.1) is 0 Å². The van der Waals surface area contributed by atoms with Gasteiger partial charge < -0.3 is 10.2 Å². The summed E-state index contributed by atoms with van der Waals surface area (Å²) >= 11 is 0. The number of rotatable bonds is 8. The molecule has 0 atom stereocenters. The maximum Gasteiger partial charge on any atom is 0.270 e. The lowest BCUT2D eigenvalue weighted by Gasteiger charge is -2.18. The van der Waals surface area contributed by atoms with Crippen molar-refractivity contribution in [3.63, 3.8) is 0 Å². The molecule has 0 aliphatic rings. The molecule has 27 heavy (non-hydrogen) atoms. The van der Waals surface area contributed by atoms with Gasteiger partial charge in [0.05, 0.1) is 0 Å². The van der Waals surface area contributed by atoms with Gasteiger partial charge in [-0.2, -0.15) is 0 Å². The lowest BCUT2D eigenvalue weighted by atomic mass is 10.1. The van der Waals surface area contributed by atoms with Gasteiger partial charge in [0.25, 0.3) is 5.91 Å². The number of anilines is 1. The number of hydrogen-bond acceptors (Lipinski definition) is 4.